The second kappa shape index (κ2) is 10.8. The molecule has 28 heavy (non-hydrogen) atoms. The van der Waals surface area contributed by atoms with E-state index in [-0.39, 0.29) is 12.1 Å². The molecule has 0 spiro atoms. The van der Waals surface area contributed by atoms with Gasteiger partial charge in [-0.05, 0) is 93.1 Å². The highest BCUT2D eigenvalue weighted by molar-refractivity contribution is 5.82. The number of aryl methyl sites for hydroxylation is 1. The number of esters is 1. The highest BCUT2D eigenvalue weighted by Gasteiger charge is 2.32. The Kier molecular flexibility index (Phi) is 8.18. The first-order valence-corrected chi connectivity index (χ1v) is 11.7. The molecule has 2 aliphatic carbocycles. The van der Waals surface area contributed by atoms with Crippen molar-refractivity contribution in [3.8, 4) is 0 Å². The van der Waals surface area contributed by atoms with Crippen molar-refractivity contribution in [1.82, 2.24) is 0 Å². The summed E-state index contributed by atoms with van der Waals surface area (Å²) >= 11 is 0. The Hall–Kier alpha value is -1.57. The third-order valence-electron chi connectivity index (χ3n) is 6.92. The Bertz CT molecular complexity index is 614. The summed E-state index contributed by atoms with van der Waals surface area (Å²) < 4.78 is 5.61. The molecule has 2 aliphatic rings. The second-order valence-corrected chi connectivity index (χ2v) is 8.89. The van der Waals surface area contributed by atoms with E-state index in [9.17, 15) is 4.79 Å². The standard InChI is InChI=1S/C26H38O2/c1-3-5-7-26(27)28-25-18-16-24(17-19-25)23-14-12-22(13-15-23)21-10-8-20(6-4-2)9-11-21/h5,7-11,22-25H,3-4,6,12-19H2,1-2H3. The van der Waals surface area contributed by atoms with Gasteiger partial charge in [-0.15, -0.1) is 0 Å². The summed E-state index contributed by atoms with van der Waals surface area (Å²) in [5.74, 6) is 2.33. The van der Waals surface area contributed by atoms with Crippen LogP contribution in [0.25, 0.3) is 0 Å². The molecule has 2 nitrogen and oxygen atoms in total. The van der Waals surface area contributed by atoms with Crippen LogP contribution in [0.15, 0.2) is 36.4 Å². The first kappa shape index (κ1) is 21.1. The molecule has 2 heteroatoms. The highest BCUT2D eigenvalue weighted by Crippen LogP contribution is 2.43. The van der Waals surface area contributed by atoms with Crippen molar-refractivity contribution in [3.05, 3.63) is 47.5 Å². The van der Waals surface area contributed by atoms with Gasteiger partial charge in [0.15, 0.2) is 0 Å². The van der Waals surface area contributed by atoms with Gasteiger partial charge in [0.05, 0.1) is 0 Å². The van der Waals surface area contributed by atoms with E-state index in [4.69, 9.17) is 4.74 Å². The van der Waals surface area contributed by atoms with Crippen LogP contribution in [0.2, 0.25) is 0 Å². The quantitative estimate of drug-likeness (QED) is 0.375. The van der Waals surface area contributed by atoms with Crippen molar-refractivity contribution in [2.75, 3.05) is 0 Å². The summed E-state index contributed by atoms with van der Waals surface area (Å²) in [6.45, 7) is 4.28. The first-order chi connectivity index (χ1) is 13.7. The maximum absolute atomic E-state index is 11.8. The van der Waals surface area contributed by atoms with E-state index in [1.807, 2.05) is 13.0 Å². The molecule has 0 aromatic heterocycles. The van der Waals surface area contributed by atoms with Gasteiger partial charge in [0.1, 0.15) is 6.10 Å². The molecule has 0 unspecified atom stereocenters. The number of hydrogen-bond acceptors (Lipinski definition) is 2. The van der Waals surface area contributed by atoms with Crippen LogP contribution in [0.1, 0.15) is 95.1 Å². The fraction of sp³-hybridized carbons (Fsp3) is 0.654. The SMILES string of the molecule is CCC=CC(=O)OC1CCC(C2CCC(c3ccc(CCC)cc3)CC2)CC1. The van der Waals surface area contributed by atoms with Gasteiger partial charge in [-0.1, -0.05) is 50.6 Å². The number of ether oxygens (including phenoxy) is 1. The average molecular weight is 383 g/mol. The summed E-state index contributed by atoms with van der Waals surface area (Å²) in [7, 11) is 0. The molecule has 3 rings (SSSR count). The van der Waals surface area contributed by atoms with Crippen molar-refractivity contribution < 1.29 is 9.53 Å². The highest BCUT2D eigenvalue weighted by atomic mass is 16.5. The fourth-order valence-corrected chi connectivity index (χ4v) is 5.26. The molecule has 2 fully saturated rings. The lowest BCUT2D eigenvalue weighted by Crippen LogP contribution is -2.29. The van der Waals surface area contributed by atoms with Gasteiger partial charge in [0.25, 0.3) is 0 Å². The molecule has 154 valence electrons. The third-order valence-corrected chi connectivity index (χ3v) is 6.92. The van der Waals surface area contributed by atoms with Crippen LogP contribution >= 0.6 is 0 Å². The van der Waals surface area contributed by atoms with E-state index in [1.54, 1.807) is 11.6 Å². The zero-order valence-electron chi connectivity index (χ0n) is 17.9. The predicted molar refractivity (Wildman–Crippen MR) is 116 cm³/mol. The van der Waals surface area contributed by atoms with Crippen LogP contribution in [0, 0.1) is 11.8 Å². The number of carbonyl (C=O) groups excluding carboxylic acids is 1. The topological polar surface area (TPSA) is 26.3 Å². The minimum Gasteiger partial charge on any atom is -0.459 e. The molecular formula is C26H38O2. The predicted octanol–water partition coefficient (Wildman–Crippen LogP) is 6.98. The van der Waals surface area contributed by atoms with Crippen LogP contribution in [0.4, 0.5) is 0 Å². The number of rotatable bonds is 7. The van der Waals surface area contributed by atoms with Crippen molar-refractivity contribution in [2.45, 2.75) is 96.5 Å². The molecule has 0 aliphatic heterocycles. The molecule has 0 bridgehead atoms. The van der Waals surface area contributed by atoms with E-state index in [0.717, 1.165) is 37.0 Å². The van der Waals surface area contributed by atoms with Crippen molar-refractivity contribution in [1.29, 1.82) is 0 Å². The molecule has 0 heterocycles. The summed E-state index contributed by atoms with van der Waals surface area (Å²) in [4.78, 5) is 11.8. The third kappa shape index (κ3) is 5.96. The average Bonchev–Trinajstić information content (AvgIpc) is 2.74. The lowest BCUT2D eigenvalue weighted by atomic mass is 9.69. The van der Waals surface area contributed by atoms with Gasteiger partial charge in [0.2, 0.25) is 0 Å². The van der Waals surface area contributed by atoms with Gasteiger partial charge < -0.3 is 4.74 Å². The summed E-state index contributed by atoms with van der Waals surface area (Å²) in [5.41, 5.74) is 3.02. The van der Waals surface area contributed by atoms with Gasteiger partial charge in [-0.25, -0.2) is 4.79 Å². The Labute approximate surface area is 171 Å². The van der Waals surface area contributed by atoms with Crippen LogP contribution in [0.5, 0.6) is 0 Å². The van der Waals surface area contributed by atoms with Crippen molar-refractivity contribution in [3.63, 3.8) is 0 Å². The second-order valence-electron chi connectivity index (χ2n) is 8.89. The number of carbonyl (C=O) groups is 1. The molecule has 0 saturated heterocycles. The largest absolute Gasteiger partial charge is 0.459 e. The molecule has 1 aromatic rings. The van der Waals surface area contributed by atoms with Crippen molar-refractivity contribution in [2.24, 2.45) is 11.8 Å². The van der Waals surface area contributed by atoms with E-state index in [2.05, 4.69) is 31.2 Å². The first-order valence-electron chi connectivity index (χ1n) is 11.7. The number of hydrogen-bond donors (Lipinski definition) is 0. The van der Waals surface area contributed by atoms with E-state index in [0.29, 0.717) is 0 Å². The minimum absolute atomic E-state index is 0.142. The smallest absolute Gasteiger partial charge is 0.330 e. The minimum atomic E-state index is -0.157. The van der Waals surface area contributed by atoms with E-state index < -0.39 is 0 Å². The maximum Gasteiger partial charge on any atom is 0.330 e. The Morgan fingerprint density at radius 3 is 2.11 bits per heavy atom. The normalized spacial score (nSPS) is 28.4. The van der Waals surface area contributed by atoms with Crippen molar-refractivity contribution >= 4 is 5.97 Å². The van der Waals surface area contributed by atoms with Crippen LogP contribution in [-0.2, 0) is 16.0 Å². The Morgan fingerprint density at radius 2 is 1.54 bits per heavy atom. The van der Waals surface area contributed by atoms with Gasteiger partial charge >= 0.3 is 5.97 Å². The lowest BCUT2D eigenvalue weighted by molar-refractivity contribution is -0.145. The van der Waals surface area contributed by atoms with Gasteiger partial charge in [-0.3, -0.25) is 0 Å². The summed E-state index contributed by atoms with van der Waals surface area (Å²) in [6.07, 6.45) is 16.9. The monoisotopic (exact) mass is 382 g/mol. The molecule has 0 amide bonds. The van der Waals surface area contributed by atoms with Crippen LogP contribution < -0.4 is 0 Å². The Morgan fingerprint density at radius 1 is 0.929 bits per heavy atom. The van der Waals surface area contributed by atoms with Gasteiger partial charge in [-0.2, -0.15) is 0 Å². The molecular weight excluding hydrogens is 344 g/mol. The lowest BCUT2D eigenvalue weighted by Gasteiger charge is -2.37. The summed E-state index contributed by atoms with van der Waals surface area (Å²) in [6, 6.07) is 9.43. The zero-order valence-corrected chi connectivity index (χ0v) is 17.9. The van der Waals surface area contributed by atoms with Crippen LogP contribution in [-0.4, -0.2) is 12.1 Å². The van der Waals surface area contributed by atoms with Crippen LogP contribution in [0.3, 0.4) is 0 Å². The molecule has 0 radical (unpaired) electrons. The summed E-state index contributed by atoms with van der Waals surface area (Å²) in [5, 5.41) is 0. The molecule has 0 N–H and O–H groups in total. The van der Waals surface area contributed by atoms with E-state index >= 15 is 0 Å². The zero-order chi connectivity index (χ0) is 19.8. The number of benzene rings is 1. The molecule has 0 atom stereocenters. The van der Waals surface area contributed by atoms with Gasteiger partial charge in [0, 0.05) is 6.08 Å². The Balaban J connectivity index is 1.41. The maximum atomic E-state index is 11.8. The fourth-order valence-electron chi connectivity index (χ4n) is 5.26. The van der Waals surface area contributed by atoms with E-state index in [1.165, 1.54) is 56.9 Å². The molecule has 2 saturated carbocycles. The molecule has 1 aromatic carbocycles. The number of allylic oxidation sites excluding steroid dienone is 1.